The van der Waals surface area contributed by atoms with E-state index in [0.29, 0.717) is 15.7 Å². The van der Waals surface area contributed by atoms with E-state index in [1.165, 1.54) is 16.8 Å². The van der Waals surface area contributed by atoms with Crippen molar-refractivity contribution in [1.82, 2.24) is 9.78 Å². The molecule has 0 bridgehead atoms. The fraction of sp³-hybridized carbons (Fsp3) is 0.308. The molecule has 1 N–H and O–H groups in total. The van der Waals surface area contributed by atoms with E-state index in [1.54, 1.807) is 13.2 Å². The van der Waals surface area contributed by atoms with Crippen LogP contribution < -0.4 is 0 Å². The molecule has 7 heteroatoms. The lowest BCUT2D eigenvalue weighted by Gasteiger charge is -2.13. The zero-order valence-corrected chi connectivity index (χ0v) is 12.1. The highest BCUT2D eigenvalue weighted by molar-refractivity contribution is 9.10. The topological polar surface area (TPSA) is 38.0 Å². The molecule has 0 radical (unpaired) electrons. The molecule has 0 spiro atoms. The van der Waals surface area contributed by atoms with Crippen molar-refractivity contribution in [3.8, 4) is 0 Å². The predicted octanol–water partition coefficient (Wildman–Crippen LogP) is 3.48. The van der Waals surface area contributed by atoms with Crippen molar-refractivity contribution in [2.75, 3.05) is 0 Å². The van der Waals surface area contributed by atoms with Gasteiger partial charge < -0.3 is 5.11 Å². The Labute approximate surface area is 122 Å². The standard InChI is InChI=1S/C13H12BrF3N2O/c1-19-12(10(14)7-18-19)11(20)6-8-2-4-9(5-3-8)13(15,16)17/h2-5,7,11,20H,6H2,1H3. The fourth-order valence-corrected chi connectivity index (χ4v) is 2.56. The summed E-state index contributed by atoms with van der Waals surface area (Å²) in [6.07, 6.45) is -3.40. The molecule has 1 aromatic carbocycles. The molecule has 0 amide bonds. The average Bonchev–Trinajstić information content (AvgIpc) is 2.68. The number of benzene rings is 1. The summed E-state index contributed by atoms with van der Waals surface area (Å²) < 4.78 is 39.5. The summed E-state index contributed by atoms with van der Waals surface area (Å²) >= 11 is 3.28. The normalized spacial score (nSPS) is 13.5. The molecule has 0 saturated heterocycles. The molecule has 1 aromatic heterocycles. The lowest BCUT2D eigenvalue weighted by atomic mass is 10.0. The molecule has 0 aliphatic rings. The molecule has 20 heavy (non-hydrogen) atoms. The van der Waals surface area contributed by atoms with Crippen molar-refractivity contribution in [3.63, 3.8) is 0 Å². The third-order valence-electron chi connectivity index (χ3n) is 2.96. The molecule has 0 aliphatic carbocycles. The first-order valence-electron chi connectivity index (χ1n) is 5.80. The monoisotopic (exact) mass is 348 g/mol. The van der Waals surface area contributed by atoms with E-state index in [4.69, 9.17) is 0 Å². The van der Waals surface area contributed by atoms with Gasteiger partial charge in [-0.1, -0.05) is 12.1 Å². The molecule has 1 unspecified atom stereocenters. The summed E-state index contributed by atoms with van der Waals surface area (Å²) in [4.78, 5) is 0. The number of nitrogens with zero attached hydrogens (tertiary/aromatic N) is 2. The zero-order chi connectivity index (χ0) is 14.9. The van der Waals surface area contributed by atoms with E-state index < -0.39 is 17.8 Å². The number of alkyl halides is 3. The average molecular weight is 349 g/mol. The Hall–Kier alpha value is -1.34. The van der Waals surface area contributed by atoms with Gasteiger partial charge in [-0.25, -0.2) is 0 Å². The predicted molar refractivity (Wildman–Crippen MR) is 71.0 cm³/mol. The van der Waals surface area contributed by atoms with Gasteiger partial charge in [0.05, 0.1) is 21.9 Å². The number of hydrogen-bond donors (Lipinski definition) is 1. The van der Waals surface area contributed by atoms with E-state index in [2.05, 4.69) is 21.0 Å². The molecule has 108 valence electrons. The van der Waals surface area contributed by atoms with Gasteiger partial charge in [0.1, 0.15) is 6.10 Å². The van der Waals surface area contributed by atoms with Gasteiger partial charge >= 0.3 is 6.18 Å². The Morgan fingerprint density at radius 3 is 2.35 bits per heavy atom. The second-order valence-corrected chi connectivity index (χ2v) is 5.27. The second kappa shape index (κ2) is 5.57. The Morgan fingerprint density at radius 2 is 1.90 bits per heavy atom. The molecular weight excluding hydrogens is 337 g/mol. The van der Waals surface area contributed by atoms with Crippen LogP contribution >= 0.6 is 15.9 Å². The Bertz CT molecular complexity index is 573. The van der Waals surface area contributed by atoms with Crippen molar-refractivity contribution in [3.05, 3.63) is 51.8 Å². The number of hydrogen-bond acceptors (Lipinski definition) is 2. The third kappa shape index (κ3) is 3.21. The van der Waals surface area contributed by atoms with Crippen LogP contribution in [-0.4, -0.2) is 14.9 Å². The first kappa shape index (κ1) is 15.1. The minimum absolute atomic E-state index is 0.219. The van der Waals surface area contributed by atoms with Crippen LogP contribution in [0, 0.1) is 0 Å². The van der Waals surface area contributed by atoms with E-state index in [-0.39, 0.29) is 6.42 Å². The van der Waals surface area contributed by atoms with Crippen molar-refractivity contribution in [2.45, 2.75) is 18.7 Å². The van der Waals surface area contributed by atoms with Crippen LogP contribution in [0.25, 0.3) is 0 Å². The van der Waals surface area contributed by atoms with Crippen LogP contribution in [0.15, 0.2) is 34.9 Å². The molecular formula is C13H12BrF3N2O. The molecule has 1 heterocycles. The maximum Gasteiger partial charge on any atom is 0.416 e. The van der Waals surface area contributed by atoms with E-state index in [9.17, 15) is 18.3 Å². The van der Waals surface area contributed by atoms with E-state index in [1.807, 2.05) is 0 Å². The maximum absolute atomic E-state index is 12.4. The maximum atomic E-state index is 12.4. The zero-order valence-electron chi connectivity index (χ0n) is 10.5. The van der Waals surface area contributed by atoms with Crippen molar-refractivity contribution in [1.29, 1.82) is 0 Å². The van der Waals surface area contributed by atoms with Gasteiger partial charge in [-0.3, -0.25) is 4.68 Å². The van der Waals surface area contributed by atoms with Gasteiger partial charge in [-0.05, 0) is 33.6 Å². The van der Waals surface area contributed by atoms with E-state index >= 15 is 0 Å². The summed E-state index contributed by atoms with van der Waals surface area (Å²) in [5.74, 6) is 0. The van der Waals surface area contributed by atoms with Gasteiger partial charge in [0.25, 0.3) is 0 Å². The lowest BCUT2D eigenvalue weighted by molar-refractivity contribution is -0.137. The van der Waals surface area contributed by atoms with Crippen LogP contribution in [-0.2, 0) is 19.6 Å². The smallest absolute Gasteiger partial charge is 0.386 e. The van der Waals surface area contributed by atoms with Crippen molar-refractivity contribution < 1.29 is 18.3 Å². The van der Waals surface area contributed by atoms with Gasteiger partial charge in [0, 0.05) is 13.5 Å². The third-order valence-corrected chi connectivity index (χ3v) is 3.57. The molecule has 2 rings (SSSR count). The number of rotatable bonds is 3. The summed E-state index contributed by atoms with van der Waals surface area (Å²) in [6, 6.07) is 4.77. The van der Waals surface area contributed by atoms with Crippen molar-refractivity contribution in [2.24, 2.45) is 7.05 Å². The van der Waals surface area contributed by atoms with Gasteiger partial charge in [0.15, 0.2) is 0 Å². The first-order chi connectivity index (χ1) is 9.29. The van der Waals surface area contributed by atoms with Crippen LogP contribution in [0.5, 0.6) is 0 Å². The van der Waals surface area contributed by atoms with Crippen LogP contribution in [0.3, 0.4) is 0 Å². The SMILES string of the molecule is Cn1ncc(Br)c1C(O)Cc1ccc(C(F)(F)F)cc1. The molecule has 2 aromatic rings. The minimum Gasteiger partial charge on any atom is -0.386 e. The summed E-state index contributed by atoms with van der Waals surface area (Å²) in [5.41, 5.74) is 0.515. The molecule has 0 aliphatic heterocycles. The highest BCUT2D eigenvalue weighted by atomic mass is 79.9. The number of halogens is 4. The molecule has 0 saturated carbocycles. The highest BCUT2D eigenvalue weighted by Gasteiger charge is 2.30. The number of aliphatic hydroxyl groups excluding tert-OH is 1. The van der Waals surface area contributed by atoms with Crippen LogP contribution in [0.2, 0.25) is 0 Å². The summed E-state index contributed by atoms with van der Waals surface area (Å²) in [7, 11) is 1.69. The van der Waals surface area contributed by atoms with E-state index in [0.717, 1.165) is 12.1 Å². The van der Waals surface area contributed by atoms with Gasteiger partial charge in [0.2, 0.25) is 0 Å². The second-order valence-electron chi connectivity index (χ2n) is 4.42. The number of aliphatic hydroxyl groups is 1. The minimum atomic E-state index is -4.35. The quantitative estimate of drug-likeness (QED) is 0.922. The lowest BCUT2D eigenvalue weighted by Crippen LogP contribution is -2.09. The summed E-state index contributed by atoms with van der Waals surface area (Å²) in [6.45, 7) is 0. The number of aryl methyl sites for hydroxylation is 1. The first-order valence-corrected chi connectivity index (χ1v) is 6.60. The molecule has 3 nitrogen and oxygen atoms in total. The van der Waals surface area contributed by atoms with Crippen molar-refractivity contribution >= 4 is 15.9 Å². The molecule has 0 fully saturated rings. The van der Waals surface area contributed by atoms with Crippen LogP contribution in [0.1, 0.15) is 22.9 Å². The molecule has 1 atom stereocenters. The fourth-order valence-electron chi connectivity index (χ4n) is 1.94. The van der Waals surface area contributed by atoms with Crippen LogP contribution in [0.4, 0.5) is 13.2 Å². The Balaban J connectivity index is 2.15. The Morgan fingerprint density at radius 1 is 1.30 bits per heavy atom. The van der Waals surface area contributed by atoms with Gasteiger partial charge in [-0.15, -0.1) is 0 Å². The highest BCUT2D eigenvalue weighted by Crippen LogP contribution is 2.30. The van der Waals surface area contributed by atoms with Gasteiger partial charge in [-0.2, -0.15) is 18.3 Å². The number of aromatic nitrogens is 2. The largest absolute Gasteiger partial charge is 0.416 e. The Kier molecular flexibility index (Phi) is 4.19. The summed E-state index contributed by atoms with van der Waals surface area (Å²) in [5, 5.41) is 14.1.